The van der Waals surface area contributed by atoms with Gasteiger partial charge >= 0.3 is 0 Å². The smallest absolute Gasteiger partial charge is 0.225 e. The molecule has 0 aromatic heterocycles. The van der Waals surface area contributed by atoms with E-state index in [1.807, 2.05) is 0 Å². The lowest BCUT2D eigenvalue weighted by Crippen LogP contribution is -2.38. The number of fused-ring (bicyclic) bond motifs is 2. The van der Waals surface area contributed by atoms with Gasteiger partial charge in [-0.3, -0.25) is 4.79 Å². The summed E-state index contributed by atoms with van der Waals surface area (Å²) in [7, 11) is 0. The monoisotopic (exact) mass is 165 g/mol. The van der Waals surface area contributed by atoms with Crippen molar-refractivity contribution in [3.63, 3.8) is 0 Å². The van der Waals surface area contributed by atoms with Gasteiger partial charge in [0.1, 0.15) is 0 Å². The van der Waals surface area contributed by atoms with Crippen LogP contribution >= 0.6 is 0 Å². The molecule has 0 N–H and O–H groups in total. The molecule has 3 fully saturated rings. The van der Waals surface area contributed by atoms with Crippen molar-refractivity contribution in [1.29, 1.82) is 0 Å². The second kappa shape index (κ2) is 2.24. The lowest BCUT2D eigenvalue weighted by Gasteiger charge is -2.26. The first-order chi connectivity index (χ1) is 5.84. The molecule has 1 heterocycles. The first-order valence-corrected chi connectivity index (χ1v) is 5.15. The molecule has 1 amide bonds. The first kappa shape index (κ1) is 6.93. The van der Waals surface area contributed by atoms with Crippen LogP contribution in [0.5, 0.6) is 0 Å². The number of hydrogen-bond acceptors (Lipinski definition) is 1. The fourth-order valence-electron chi connectivity index (χ4n) is 2.76. The fraction of sp³-hybridized carbons (Fsp3) is 0.900. The quantitative estimate of drug-likeness (QED) is 0.575. The Balaban J connectivity index is 1.73. The summed E-state index contributed by atoms with van der Waals surface area (Å²) in [5, 5.41) is 0. The molecule has 1 aliphatic heterocycles. The zero-order valence-electron chi connectivity index (χ0n) is 7.33. The van der Waals surface area contributed by atoms with Crippen molar-refractivity contribution in [1.82, 2.24) is 4.90 Å². The summed E-state index contributed by atoms with van der Waals surface area (Å²) in [6.07, 6.45) is 6.28. The van der Waals surface area contributed by atoms with E-state index in [0.29, 0.717) is 17.9 Å². The zero-order chi connectivity index (χ0) is 8.13. The molecule has 0 radical (unpaired) electrons. The van der Waals surface area contributed by atoms with Crippen LogP contribution in [0.15, 0.2) is 0 Å². The largest absolute Gasteiger partial charge is 0.339 e. The molecule has 0 aromatic carbocycles. The third-order valence-corrected chi connectivity index (χ3v) is 3.62. The van der Waals surface area contributed by atoms with Crippen LogP contribution in [-0.4, -0.2) is 23.4 Å². The molecule has 0 aromatic rings. The fourth-order valence-corrected chi connectivity index (χ4v) is 2.76. The van der Waals surface area contributed by atoms with E-state index >= 15 is 0 Å². The highest BCUT2D eigenvalue weighted by Gasteiger charge is 2.44. The van der Waals surface area contributed by atoms with Crippen LogP contribution in [0.25, 0.3) is 0 Å². The van der Waals surface area contributed by atoms with Crippen molar-refractivity contribution in [2.45, 2.75) is 38.1 Å². The Kier molecular flexibility index (Phi) is 1.29. The summed E-state index contributed by atoms with van der Waals surface area (Å²) in [5.74, 6) is 1.77. The Morgan fingerprint density at radius 2 is 2.00 bits per heavy atom. The molecular weight excluding hydrogens is 150 g/mol. The predicted octanol–water partition coefficient (Wildman–Crippen LogP) is 1.41. The van der Waals surface area contributed by atoms with Gasteiger partial charge in [0.15, 0.2) is 0 Å². The number of rotatable bonds is 1. The van der Waals surface area contributed by atoms with Crippen LogP contribution in [0.2, 0.25) is 0 Å². The Morgan fingerprint density at radius 1 is 1.17 bits per heavy atom. The molecule has 3 rings (SSSR count). The minimum Gasteiger partial charge on any atom is -0.339 e. The maximum Gasteiger partial charge on any atom is 0.225 e. The minimum absolute atomic E-state index is 0.435. The van der Waals surface area contributed by atoms with Gasteiger partial charge in [-0.2, -0.15) is 0 Å². The van der Waals surface area contributed by atoms with Gasteiger partial charge in [-0.1, -0.05) is 0 Å². The highest BCUT2D eigenvalue weighted by Crippen LogP contribution is 2.41. The van der Waals surface area contributed by atoms with E-state index in [1.165, 1.54) is 19.3 Å². The molecule has 66 valence electrons. The molecule has 0 spiro atoms. The third-order valence-electron chi connectivity index (χ3n) is 3.62. The number of piperidine rings is 1. The topological polar surface area (TPSA) is 20.3 Å². The molecule has 2 nitrogen and oxygen atoms in total. The van der Waals surface area contributed by atoms with Crippen LogP contribution in [0.3, 0.4) is 0 Å². The Morgan fingerprint density at radius 3 is 2.50 bits per heavy atom. The van der Waals surface area contributed by atoms with Gasteiger partial charge in [0, 0.05) is 18.5 Å². The highest BCUT2D eigenvalue weighted by molar-refractivity contribution is 5.81. The Labute approximate surface area is 72.9 Å². The SMILES string of the molecule is O=C(C1CC1)N1CC2CCC1C2. The van der Waals surface area contributed by atoms with Gasteiger partial charge in [-0.05, 0) is 38.0 Å². The average molecular weight is 165 g/mol. The maximum absolute atomic E-state index is 11.7. The Hall–Kier alpha value is -0.530. The van der Waals surface area contributed by atoms with Crippen LogP contribution in [0, 0.1) is 11.8 Å². The van der Waals surface area contributed by atoms with Gasteiger partial charge < -0.3 is 4.90 Å². The molecule has 2 bridgehead atoms. The lowest BCUT2D eigenvalue weighted by molar-refractivity contribution is -0.134. The molecule has 2 heteroatoms. The number of carbonyl (C=O) groups is 1. The summed E-state index contributed by atoms with van der Waals surface area (Å²) in [5.41, 5.74) is 0. The van der Waals surface area contributed by atoms with E-state index in [9.17, 15) is 4.79 Å². The number of likely N-dealkylation sites (tertiary alicyclic amines) is 1. The number of amides is 1. The molecule has 1 saturated heterocycles. The van der Waals surface area contributed by atoms with Gasteiger partial charge in [0.2, 0.25) is 5.91 Å². The number of hydrogen-bond donors (Lipinski definition) is 0. The van der Waals surface area contributed by atoms with Gasteiger partial charge in [-0.25, -0.2) is 0 Å². The van der Waals surface area contributed by atoms with Gasteiger partial charge in [-0.15, -0.1) is 0 Å². The summed E-state index contributed by atoms with van der Waals surface area (Å²) in [4.78, 5) is 13.9. The van der Waals surface area contributed by atoms with Crippen molar-refractivity contribution in [3.05, 3.63) is 0 Å². The van der Waals surface area contributed by atoms with E-state index in [4.69, 9.17) is 0 Å². The van der Waals surface area contributed by atoms with Crippen molar-refractivity contribution in [2.24, 2.45) is 11.8 Å². The summed E-state index contributed by atoms with van der Waals surface area (Å²) in [6.45, 7) is 1.08. The van der Waals surface area contributed by atoms with Crippen LogP contribution < -0.4 is 0 Å². The molecule has 2 saturated carbocycles. The molecule has 3 aliphatic rings. The van der Waals surface area contributed by atoms with E-state index in [2.05, 4.69) is 4.90 Å². The van der Waals surface area contributed by atoms with Gasteiger partial charge in [0.25, 0.3) is 0 Å². The average Bonchev–Trinajstić information content (AvgIpc) is 2.73. The normalized spacial score (nSPS) is 39.2. The van der Waals surface area contributed by atoms with Crippen LogP contribution in [0.1, 0.15) is 32.1 Å². The number of carbonyl (C=O) groups excluding carboxylic acids is 1. The van der Waals surface area contributed by atoms with Crippen molar-refractivity contribution >= 4 is 5.91 Å². The molecule has 2 atom stereocenters. The second-order valence-electron chi connectivity index (χ2n) is 4.60. The van der Waals surface area contributed by atoms with E-state index in [-0.39, 0.29) is 0 Å². The van der Waals surface area contributed by atoms with E-state index in [1.54, 1.807) is 0 Å². The molecule has 12 heavy (non-hydrogen) atoms. The van der Waals surface area contributed by atoms with Crippen molar-refractivity contribution < 1.29 is 4.79 Å². The second-order valence-corrected chi connectivity index (χ2v) is 4.60. The summed E-state index contributed by atoms with van der Waals surface area (Å²) < 4.78 is 0. The van der Waals surface area contributed by atoms with E-state index < -0.39 is 0 Å². The lowest BCUT2D eigenvalue weighted by atomic mass is 10.1. The summed E-state index contributed by atoms with van der Waals surface area (Å²) >= 11 is 0. The van der Waals surface area contributed by atoms with Crippen LogP contribution in [-0.2, 0) is 4.79 Å². The molecule has 2 unspecified atom stereocenters. The maximum atomic E-state index is 11.7. The molecule has 2 aliphatic carbocycles. The van der Waals surface area contributed by atoms with E-state index in [0.717, 1.165) is 25.3 Å². The van der Waals surface area contributed by atoms with Gasteiger partial charge in [0.05, 0.1) is 0 Å². The first-order valence-electron chi connectivity index (χ1n) is 5.15. The van der Waals surface area contributed by atoms with Crippen molar-refractivity contribution in [3.8, 4) is 0 Å². The highest BCUT2D eigenvalue weighted by atomic mass is 16.2. The predicted molar refractivity (Wildman–Crippen MR) is 45.6 cm³/mol. The zero-order valence-corrected chi connectivity index (χ0v) is 7.33. The third kappa shape index (κ3) is 0.900. The Bertz CT molecular complexity index is 222. The standard InChI is InChI=1S/C10H15NO/c12-10(8-2-3-8)11-6-7-1-4-9(11)5-7/h7-9H,1-6H2. The summed E-state index contributed by atoms with van der Waals surface area (Å²) in [6, 6.07) is 0.642. The van der Waals surface area contributed by atoms with Crippen LogP contribution in [0.4, 0.5) is 0 Å². The number of nitrogens with zero attached hydrogens (tertiary/aromatic N) is 1. The molecular formula is C10H15NO. The minimum atomic E-state index is 0.435. The van der Waals surface area contributed by atoms with Crippen molar-refractivity contribution in [2.75, 3.05) is 6.54 Å².